The second kappa shape index (κ2) is 11.1. The number of nitrogens with one attached hydrogen (secondary N) is 2. The van der Waals surface area contributed by atoms with Crippen LogP contribution in [0.3, 0.4) is 0 Å². The van der Waals surface area contributed by atoms with E-state index in [4.69, 9.17) is 10.3 Å². The molecule has 18 heteroatoms. The van der Waals surface area contributed by atoms with Crippen molar-refractivity contribution in [2.45, 2.75) is 9.79 Å². The lowest BCUT2D eigenvalue weighted by Gasteiger charge is -2.05. The molecule has 0 unspecified atom stereocenters. The number of nitro groups is 2. The van der Waals surface area contributed by atoms with Gasteiger partial charge < -0.3 is 0 Å². The Morgan fingerprint density at radius 3 is 1.42 bits per heavy atom. The van der Waals surface area contributed by atoms with Crippen LogP contribution in [0.15, 0.2) is 80.7 Å². The zero-order valence-electron chi connectivity index (χ0n) is 19.0. The quantitative estimate of drug-likeness (QED) is 0.158. The Labute approximate surface area is 215 Å². The molecule has 38 heavy (non-hydrogen) atoms. The third kappa shape index (κ3) is 7.13. The first-order chi connectivity index (χ1) is 17.8. The Kier molecular flexibility index (Phi) is 8.11. The molecule has 0 aromatic heterocycles. The highest BCUT2D eigenvalue weighted by Crippen LogP contribution is 2.28. The molecule has 0 aliphatic heterocycles. The van der Waals surface area contributed by atoms with Gasteiger partial charge in [0.1, 0.15) is 11.4 Å². The fourth-order valence-corrected chi connectivity index (χ4v) is 4.01. The normalized spacial score (nSPS) is 12.1. The molecular formula is C20H18N8O8S2. The van der Waals surface area contributed by atoms with E-state index in [9.17, 15) is 37.1 Å². The summed E-state index contributed by atoms with van der Waals surface area (Å²) in [6.45, 7) is 0. The summed E-state index contributed by atoms with van der Waals surface area (Å²) in [7, 11) is -8.27. The number of sulfonamides is 2. The van der Waals surface area contributed by atoms with E-state index in [0.29, 0.717) is 11.1 Å². The largest absolute Gasteiger partial charge is 0.295 e. The van der Waals surface area contributed by atoms with Gasteiger partial charge in [0.2, 0.25) is 20.0 Å². The molecule has 3 aromatic carbocycles. The number of hydrogen-bond donors (Lipinski definition) is 4. The monoisotopic (exact) mass is 562 g/mol. The molecule has 3 rings (SSSR count). The maximum Gasteiger partial charge on any atom is 0.295 e. The summed E-state index contributed by atoms with van der Waals surface area (Å²) < 4.78 is 45.7. The summed E-state index contributed by atoms with van der Waals surface area (Å²) in [6, 6.07) is 12.7. The van der Waals surface area contributed by atoms with Crippen LogP contribution in [0.25, 0.3) is 0 Å². The van der Waals surface area contributed by atoms with Crippen LogP contribution in [0.2, 0.25) is 0 Å². The average molecular weight is 563 g/mol. The van der Waals surface area contributed by atoms with Gasteiger partial charge in [-0.3, -0.25) is 31.1 Å². The van der Waals surface area contributed by atoms with Gasteiger partial charge in [0.05, 0.1) is 32.1 Å². The standard InChI is InChI=1S/C20H18N8O8S2/c21-37(33,34)15-4-6-17(19(9-15)27(29)30)25-23-11-13-2-1-3-14(8-13)12-24-26-18-7-5-16(38(22,35)36)10-20(18)28(31)32/h1-12,25-26H,(H2,21,33,34)(H2,22,35,36). The third-order valence-electron chi connectivity index (χ3n) is 4.70. The van der Waals surface area contributed by atoms with Crippen molar-refractivity contribution in [2.24, 2.45) is 20.5 Å². The van der Waals surface area contributed by atoms with Crippen LogP contribution in [-0.4, -0.2) is 39.1 Å². The van der Waals surface area contributed by atoms with Crippen LogP contribution in [0, 0.1) is 20.2 Å². The Morgan fingerprint density at radius 2 is 1.08 bits per heavy atom. The number of hydrazone groups is 2. The van der Waals surface area contributed by atoms with Crippen molar-refractivity contribution in [2.75, 3.05) is 10.9 Å². The highest BCUT2D eigenvalue weighted by Gasteiger charge is 2.20. The van der Waals surface area contributed by atoms with E-state index in [1.807, 2.05) is 0 Å². The molecule has 0 saturated heterocycles. The van der Waals surface area contributed by atoms with Crippen LogP contribution in [0.1, 0.15) is 11.1 Å². The van der Waals surface area contributed by atoms with Gasteiger partial charge in [0.15, 0.2) is 0 Å². The molecule has 0 aliphatic rings. The summed E-state index contributed by atoms with van der Waals surface area (Å²) >= 11 is 0. The summed E-state index contributed by atoms with van der Waals surface area (Å²) in [5.74, 6) is 0. The summed E-state index contributed by atoms with van der Waals surface area (Å²) in [6.07, 6.45) is 2.66. The minimum absolute atomic E-state index is 0.0735. The lowest BCUT2D eigenvalue weighted by molar-refractivity contribution is -0.384. The minimum atomic E-state index is -4.13. The topological polar surface area (TPSA) is 255 Å². The zero-order chi connectivity index (χ0) is 28.1. The van der Waals surface area contributed by atoms with Gasteiger partial charge in [-0.2, -0.15) is 10.2 Å². The predicted octanol–water partition coefficient (Wildman–Crippen LogP) is 1.69. The molecule has 0 radical (unpaired) electrons. The fraction of sp³-hybridized carbons (Fsp3) is 0. The van der Waals surface area contributed by atoms with Gasteiger partial charge >= 0.3 is 0 Å². The molecule has 0 saturated carbocycles. The second-order valence-electron chi connectivity index (χ2n) is 7.37. The molecule has 0 bridgehead atoms. The highest BCUT2D eigenvalue weighted by atomic mass is 32.2. The van der Waals surface area contributed by atoms with Gasteiger partial charge in [-0.1, -0.05) is 18.2 Å². The number of nitrogens with zero attached hydrogens (tertiary/aromatic N) is 4. The third-order valence-corrected chi connectivity index (χ3v) is 6.52. The van der Waals surface area contributed by atoms with Gasteiger partial charge in [-0.25, -0.2) is 27.1 Å². The van der Waals surface area contributed by atoms with E-state index in [-0.39, 0.29) is 11.4 Å². The molecule has 6 N–H and O–H groups in total. The van der Waals surface area contributed by atoms with E-state index in [2.05, 4.69) is 21.1 Å². The van der Waals surface area contributed by atoms with Gasteiger partial charge in [-0.05, 0) is 41.5 Å². The molecule has 0 aliphatic carbocycles. The van der Waals surface area contributed by atoms with E-state index in [0.717, 1.165) is 36.4 Å². The Morgan fingerprint density at radius 1 is 0.684 bits per heavy atom. The molecule has 16 nitrogen and oxygen atoms in total. The van der Waals surface area contributed by atoms with E-state index < -0.39 is 51.1 Å². The molecular weight excluding hydrogens is 544 g/mol. The minimum Gasteiger partial charge on any atom is -0.272 e. The van der Waals surface area contributed by atoms with Gasteiger partial charge in [-0.15, -0.1) is 0 Å². The zero-order valence-corrected chi connectivity index (χ0v) is 20.6. The van der Waals surface area contributed by atoms with Crippen molar-refractivity contribution < 1.29 is 26.7 Å². The van der Waals surface area contributed by atoms with Crippen molar-refractivity contribution in [3.05, 3.63) is 92.0 Å². The molecule has 0 amide bonds. The maximum absolute atomic E-state index is 11.4. The summed E-state index contributed by atoms with van der Waals surface area (Å²) in [5, 5.41) is 40.4. The Balaban J connectivity index is 1.74. The lowest BCUT2D eigenvalue weighted by Crippen LogP contribution is -2.12. The number of hydrogen-bond acceptors (Lipinski definition) is 12. The Bertz CT molecular complexity index is 1570. The van der Waals surface area contributed by atoms with Crippen molar-refractivity contribution >= 4 is 55.2 Å². The number of benzene rings is 3. The van der Waals surface area contributed by atoms with Crippen molar-refractivity contribution in [1.82, 2.24) is 0 Å². The van der Waals surface area contributed by atoms with Crippen LogP contribution >= 0.6 is 0 Å². The average Bonchev–Trinajstić information content (AvgIpc) is 2.83. The van der Waals surface area contributed by atoms with E-state index in [1.165, 1.54) is 12.4 Å². The van der Waals surface area contributed by atoms with Crippen molar-refractivity contribution in [1.29, 1.82) is 0 Å². The van der Waals surface area contributed by atoms with Gasteiger partial charge in [0, 0.05) is 12.1 Å². The van der Waals surface area contributed by atoms with Gasteiger partial charge in [0.25, 0.3) is 11.4 Å². The number of primary sulfonamides is 2. The first kappa shape index (κ1) is 27.8. The lowest BCUT2D eigenvalue weighted by atomic mass is 10.1. The second-order valence-corrected chi connectivity index (χ2v) is 10.5. The van der Waals surface area contributed by atoms with Crippen LogP contribution < -0.4 is 21.1 Å². The van der Waals surface area contributed by atoms with Crippen molar-refractivity contribution in [3.8, 4) is 0 Å². The first-order valence-corrected chi connectivity index (χ1v) is 13.2. The predicted molar refractivity (Wildman–Crippen MR) is 138 cm³/mol. The molecule has 0 atom stereocenters. The molecule has 198 valence electrons. The van der Waals surface area contributed by atoms with Crippen LogP contribution in [-0.2, 0) is 20.0 Å². The first-order valence-electron chi connectivity index (χ1n) is 10.1. The van der Waals surface area contributed by atoms with Crippen molar-refractivity contribution in [3.63, 3.8) is 0 Å². The molecule has 0 heterocycles. The number of nitrogens with two attached hydrogens (primary N) is 2. The highest BCUT2D eigenvalue weighted by molar-refractivity contribution is 7.89. The molecule has 0 spiro atoms. The number of rotatable bonds is 10. The molecule has 0 fully saturated rings. The van der Waals surface area contributed by atoms with E-state index >= 15 is 0 Å². The Hall–Kier alpha value is -4.78. The van der Waals surface area contributed by atoms with Crippen LogP contribution in [0.4, 0.5) is 22.7 Å². The number of nitro benzene ring substituents is 2. The van der Waals surface area contributed by atoms with Crippen LogP contribution in [0.5, 0.6) is 0 Å². The smallest absolute Gasteiger partial charge is 0.272 e. The summed E-state index contributed by atoms with van der Waals surface area (Å²) in [5.41, 5.74) is 4.76. The maximum atomic E-state index is 11.4. The number of anilines is 2. The van der Waals surface area contributed by atoms with E-state index in [1.54, 1.807) is 24.3 Å². The SMILES string of the molecule is NS(=O)(=O)c1ccc(NN=Cc2cccc(C=NNc3ccc(S(N)(=O)=O)cc3[N+](=O)[O-])c2)c([N+](=O)[O-])c1. The fourth-order valence-electron chi connectivity index (χ4n) is 2.94. The summed E-state index contributed by atoms with van der Waals surface area (Å²) in [4.78, 5) is 20.1. The molecule has 3 aromatic rings.